The number of benzene rings is 2. The first kappa shape index (κ1) is 26.4. The maximum atomic E-state index is 13.2. The predicted octanol–water partition coefficient (Wildman–Crippen LogP) is 4.46. The van der Waals surface area contributed by atoms with E-state index in [0.717, 1.165) is 0 Å². The number of carbonyl (C=O) groups is 2. The summed E-state index contributed by atoms with van der Waals surface area (Å²) in [5, 5.41) is 11.6. The average Bonchev–Trinajstić information content (AvgIpc) is 3.10. The molecule has 0 spiro atoms. The number of likely N-dealkylation sites (tertiary alicyclic amines) is 1. The van der Waals surface area contributed by atoms with Crippen molar-refractivity contribution in [3.63, 3.8) is 0 Å². The van der Waals surface area contributed by atoms with Crippen molar-refractivity contribution in [2.45, 2.75) is 19.9 Å². The van der Waals surface area contributed by atoms with Gasteiger partial charge in [0.05, 0.1) is 49.6 Å². The number of halogens is 1. The monoisotopic (exact) mass is 503 g/mol. The molecule has 1 aliphatic heterocycles. The second kappa shape index (κ2) is 11.5. The molecule has 8 nitrogen and oxygen atoms in total. The Morgan fingerprint density at radius 1 is 1.09 bits per heavy atom. The van der Waals surface area contributed by atoms with Gasteiger partial charge in [-0.15, -0.1) is 0 Å². The van der Waals surface area contributed by atoms with Crippen LogP contribution in [0.15, 0.2) is 42.0 Å². The van der Waals surface area contributed by atoms with E-state index >= 15 is 0 Å². The maximum absolute atomic E-state index is 13.2. The van der Waals surface area contributed by atoms with Gasteiger partial charge in [-0.2, -0.15) is 0 Å². The van der Waals surface area contributed by atoms with Crippen LogP contribution in [0.2, 0.25) is 5.02 Å². The van der Waals surface area contributed by atoms with Crippen LogP contribution in [0, 0.1) is 5.92 Å². The Kier molecular flexibility index (Phi) is 8.64. The molecule has 1 saturated heterocycles. The fraction of sp³-hybridized carbons (Fsp3) is 0.385. The third kappa shape index (κ3) is 5.55. The zero-order valence-electron chi connectivity index (χ0n) is 20.5. The number of hydrogen-bond donors (Lipinski definition) is 1. The van der Waals surface area contributed by atoms with Crippen molar-refractivity contribution in [3.05, 3.63) is 58.1 Å². The van der Waals surface area contributed by atoms with E-state index < -0.39 is 23.5 Å². The highest BCUT2D eigenvalue weighted by Gasteiger charge is 2.46. The minimum absolute atomic E-state index is 0.0772. The number of aliphatic hydroxyl groups excluding tert-OH is 1. The number of aliphatic hydroxyl groups is 1. The highest BCUT2D eigenvalue weighted by molar-refractivity contribution is 6.46. The standard InChI is InChI=1S/C26H30ClNO7/c1-15(2)14-35-17-8-6-7-16(11-17)23-22(25(30)26(31)28(23)9-10-32-3)24(29)18-12-19(27)21(34-5)13-20(18)33-4/h6-8,11-13,15,23,29H,9-10,14H2,1-5H3/b24-22+. The molecule has 2 aromatic rings. The van der Waals surface area contributed by atoms with Crippen LogP contribution < -0.4 is 14.2 Å². The quantitative estimate of drug-likeness (QED) is 0.290. The normalized spacial score (nSPS) is 17.2. The maximum Gasteiger partial charge on any atom is 0.295 e. The van der Waals surface area contributed by atoms with Gasteiger partial charge in [-0.25, -0.2) is 0 Å². The smallest absolute Gasteiger partial charge is 0.295 e. The van der Waals surface area contributed by atoms with Crippen molar-refractivity contribution in [2.75, 3.05) is 41.1 Å². The molecule has 1 fully saturated rings. The molecule has 0 radical (unpaired) electrons. The third-order valence-corrected chi connectivity index (χ3v) is 5.86. The number of hydrogen-bond acceptors (Lipinski definition) is 7. The Bertz CT molecular complexity index is 1130. The summed E-state index contributed by atoms with van der Waals surface area (Å²) < 4.78 is 21.6. The topological polar surface area (TPSA) is 94.5 Å². The van der Waals surface area contributed by atoms with E-state index in [2.05, 4.69) is 0 Å². The van der Waals surface area contributed by atoms with Crippen molar-refractivity contribution in [1.29, 1.82) is 0 Å². The Labute approximate surface area is 210 Å². The molecule has 1 atom stereocenters. The van der Waals surface area contributed by atoms with E-state index in [1.807, 2.05) is 13.8 Å². The number of rotatable bonds is 10. The van der Waals surface area contributed by atoms with Gasteiger partial charge in [0.2, 0.25) is 0 Å². The van der Waals surface area contributed by atoms with Gasteiger partial charge in [-0.05, 0) is 29.7 Å². The second-order valence-electron chi connectivity index (χ2n) is 8.45. The molecule has 188 valence electrons. The second-order valence-corrected chi connectivity index (χ2v) is 8.86. The molecule has 1 N–H and O–H groups in total. The lowest BCUT2D eigenvalue weighted by atomic mass is 9.94. The number of nitrogens with zero attached hydrogens (tertiary/aromatic N) is 1. The van der Waals surface area contributed by atoms with Gasteiger partial charge >= 0.3 is 0 Å². The summed E-state index contributed by atoms with van der Waals surface area (Å²) >= 11 is 6.30. The zero-order chi connectivity index (χ0) is 25.7. The number of Topliss-reactive ketones (excluding diaryl/α,β-unsaturated/α-hetero) is 1. The highest BCUT2D eigenvalue weighted by Crippen LogP contribution is 2.43. The number of amides is 1. The van der Waals surface area contributed by atoms with Crippen LogP contribution in [-0.4, -0.2) is 62.8 Å². The van der Waals surface area contributed by atoms with Crippen molar-refractivity contribution in [2.24, 2.45) is 5.92 Å². The van der Waals surface area contributed by atoms with E-state index in [4.69, 9.17) is 30.5 Å². The van der Waals surface area contributed by atoms with E-state index in [0.29, 0.717) is 29.6 Å². The van der Waals surface area contributed by atoms with Crippen LogP contribution >= 0.6 is 11.6 Å². The van der Waals surface area contributed by atoms with Gasteiger partial charge in [0, 0.05) is 19.7 Å². The molecule has 0 aromatic heterocycles. The van der Waals surface area contributed by atoms with Gasteiger partial charge in [0.25, 0.3) is 11.7 Å². The molecular formula is C26H30ClNO7. The number of ketones is 1. The summed E-state index contributed by atoms with van der Waals surface area (Å²) in [6, 6.07) is 9.22. The first-order valence-electron chi connectivity index (χ1n) is 11.1. The minimum atomic E-state index is -0.863. The van der Waals surface area contributed by atoms with Crippen LogP contribution in [0.3, 0.4) is 0 Å². The van der Waals surface area contributed by atoms with Crippen LogP contribution in [0.1, 0.15) is 31.0 Å². The molecule has 3 rings (SSSR count). The summed E-state index contributed by atoms with van der Waals surface area (Å²) in [4.78, 5) is 27.6. The predicted molar refractivity (Wildman–Crippen MR) is 132 cm³/mol. The molecule has 0 saturated carbocycles. The molecule has 35 heavy (non-hydrogen) atoms. The van der Waals surface area contributed by atoms with Crippen molar-refractivity contribution in [3.8, 4) is 17.2 Å². The van der Waals surface area contributed by atoms with Crippen LogP contribution in [0.4, 0.5) is 0 Å². The highest BCUT2D eigenvalue weighted by atomic mass is 35.5. The number of carbonyl (C=O) groups excluding carboxylic acids is 2. The van der Waals surface area contributed by atoms with Gasteiger partial charge in [0.1, 0.15) is 23.0 Å². The van der Waals surface area contributed by atoms with Crippen molar-refractivity contribution >= 4 is 29.1 Å². The molecule has 1 unspecified atom stereocenters. The van der Waals surface area contributed by atoms with Gasteiger partial charge < -0.3 is 29.0 Å². The Morgan fingerprint density at radius 3 is 2.43 bits per heavy atom. The SMILES string of the molecule is COCCN1C(=O)C(=O)/C(=C(/O)c2cc(Cl)c(OC)cc2OC)C1c1cccc(OCC(C)C)c1. The molecular weight excluding hydrogens is 474 g/mol. The summed E-state index contributed by atoms with van der Waals surface area (Å²) in [5.41, 5.74) is 0.702. The van der Waals surface area contributed by atoms with E-state index in [1.165, 1.54) is 38.4 Å². The Morgan fingerprint density at radius 2 is 1.80 bits per heavy atom. The largest absolute Gasteiger partial charge is 0.507 e. The molecule has 1 aliphatic rings. The van der Waals surface area contributed by atoms with Gasteiger partial charge in [0.15, 0.2) is 0 Å². The Balaban J connectivity index is 2.19. The molecule has 1 heterocycles. The molecule has 1 amide bonds. The van der Waals surface area contributed by atoms with Crippen molar-refractivity contribution < 1.29 is 33.6 Å². The zero-order valence-corrected chi connectivity index (χ0v) is 21.2. The fourth-order valence-corrected chi connectivity index (χ4v) is 4.12. The molecule has 2 aromatic carbocycles. The van der Waals surface area contributed by atoms with Crippen LogP contribution in [0.5, 0.6) is 17.2 Å². The van der Waals surface area contributed by atoms with Crippen molar-refractivity contribution in [1.82, 2.24) is 4.90 Å². The third-order valence-electron chi connectivity index (χ3n) is 5.56. The summed E-state index contributed by atoms with van der Waals surface area (Å²) in [5.74, 6) is -0.460. The number of methoxy groups -OCH3 is 3. The molecule has 9 heteroatoms. The number of ether oxygens (including phenoxy) is 4. The van der Waals surface area contributed by atoms with Gasteiger partial charge in [-0.3, -0.25) is 9.59 Å². The van der Waals surface area contributed by atoms with Gasteiger partial charge in [-0.1, -0.05) is 37.6 Å². The molecule has 0 bridgehead atoms. The molecule has 0 aliphatic carbocycles. The lowest BCUT2D eigenvalue weighted by molar-refractivity contribution is -0.140. The fourth-order valence-electron chi connectivity index (χ4n) is 3.87. The van der Waals surface area contributed by atoms with E-state index in [-0.39, 0.29) is 35.1 Å². The van der Waals surface area contributed by atoms with E-state index in [1.54, 1.807) is 24.3 Å². The minimum Gasteiger partial charge on any atom is -0.507 e. The van der Waals surface area contributed by atoms with Crippen LogP contribution in [0.25, 0.3) is 5.76 Å². The Hall–Kier alpha value is -3.23. The lowest BCUT2D eigenvalue weighted by Crippen LogP contribution is -2.32. The van der Waals surface area contributed by atoms with E-state index in [9.17, 15) is 14.7 Å². The first-order valence-corrected chi connectivity index (χ1v) is 11.5. The lowest BCUT2D eigenvalue weighted by Gasteiger charge is -2.25. The summed E-state index contributed by atoms with van der Waals surface area (Å²) in [6.45, 7) is 4.95. The first-order chi connectivity index (χ1) is 16.7. The summed E-state index contributed by atoms with van der Waals surface area (Å²) in [7, 11) is 4.38. The summed E-state index contributed by atoms with van der Waals surface area (Å²) in [6.07, 6.45) is 0. The van der Waals surface area contributed by atoms with Crippen LogP contribution in [-0.2, 0) is 14.3 Å². The average molecular weight is 504 g/mol.